The fourth-order valence-electron chi connectivity index (χ4n) is 3.61. The number of hydrogen-bond acceptors (Lipinski definition) is 4. The highest BCUT2D eigenvalue weighted by Gasteiger charge is 2.27. The van der Waals surface area contributed by atoms with E-state index in [1.54, 1.807) is 14.2 Å². The zero-order chi connectivity index (χ0) is 17.2. The van der Waals surface area contributed by atoms with E-state index in [9.17, 15) is 0 Å². The number of hydrogen-bond donors (Lipinski definition) is 0. The summed E-state index contributed by atoms with van der Waals surface area (Å²) in [5.41, 5.74) is 2.26. The molecule has 4 rings (SSSR count). The molecule has 2 heterocycles. The monoisotopic (exact) mass is 334 g/mol. The molecule has 4 nitrogen and oxygen atoms in total. The van der Waals surface area contributed by atoms with Crippen LogP contribution in [0.3, 0.4) is 0 Å². The van der Waals surface area contributed by atoms with Crippen LogP contribution in [0.15, 0.2) is 54.6 Å². The molecule has 1 saturated heterocycles. The lowest BCUT2D eigenvalue weighted by Crippen LogP contribution is -2.20. The fraction of sp³-hybridized carbons (Fsp3) is 0.286. The van der Waals surface area contributed by atoms with E-state index in [0.29, 0.717) is 5.92 Å². The van der Waals surface area contributed by atoms with Gasteiger partial charge in [-0.1, -0.05) is 18.2 Å². The second-order valence-corrected chi connectivity index (χ2v) is 6.40. The lowest BCUT2D eigenvalue weighted by molar-refractivity contribution is 0.396. The number of aromatic nitrogens is 1. The standard InChI is InChI=1S/C21H22N2O2/c1-24-17-8-9-20(25-2)18(13-17)16-11-12-23(14-16)21-10-7-15-5-3-4-6-19(15)22-21/h3-10,13,16H,11-12,14H2,1-2H3/t16-/m0/s1. The summed E-state index contributed by atoms with van der Waals surface area (Å²) in [6.45, 7) is 1.94. The van der Waals surface area contributed by atoms with Gasteiger partial charge in [0.15, 0.2) is 0 Å². The normalized spacial score (nSPS) is 17.0. The van der Waals surface area contributed by atoms with E-state index < -0.39 is 0 Å². The van der Waals surface area contributed by atoms with Gasteiger partial charge >= 0.3 is 0 Å². The molecule has 0 spiro atoms. The van der Waals surface area contributed by atoms with Crippen molar-refractivity contribution in [1.82, 2.24) is 4.98 Å². The molecule has 0 aliphatic carbocycles. The van der Waals surface area contributed by atoms with Crippen LogP contribution in [0, 0.1) is 0 Å². The van der Waals surface area contributed by atoms with E-state index in [0.717, 1.165) is 42.3 Å². The molecule has 2 aromatic carbocycles. The Balaban J connectivity index is 1.60. The zero-order valence-corrected chi connectivity index (χ0v) is 14.6. The Hall–Kier alpha value is -2.75. The minimum atomic E-state index is 0.415. The molecule has 0 bridgehead atoms. The third-order valence-electron chi connectivity index (χ3n) is 4.97. The van der Waals surface area contributed by atoms with Gasteiger partial charge in [0.05, 0.1) is 19.7 Å². The Labute approximate surface area is 148 Å². The third-order valence-corrected chi connectivity index (χ3v) is 4.97. The maximum absolute atomic E-state index is 5.57. The molecule has 0 N–H and O–H groups in total. The van der Waals surface area contributed by atoms with Crippen LogP contribution < -0.4 is 14.4 Å². The van der Waals surface area contributed by atoms with Crippen molar-refractivity contribution in [2.24, 2.45) is 0 Å². The maximum atomic E-state index is 5.57. The lowest BCUT2D eigenvalue weighted by Gasteiger charge is -2.19. The second kappa shape index (κ2) is 6.63. The topological polar surface area (TPSA) is 34.6 Å². The first-order chi connectivity index (χ1) is 12.3. The number of benzene rings is 2. The quantitative estimate of drug-likeness (QED) is 0.714. The lowest BCUT2D eigenvalue weighted by atomic mass is 9.97. The van der Waals surface area contributed by atoms with E-state index >= 15 is 0 Å². The summed E-state index contributed by atoms with van der Waals surface area (Å²) < 4.78 is 11.0. The number of anilines is 1. The molecule has 1 aromatic heterocycles. The first-order valence-electron chi connectivity index (χ1n) is 8.61. The molecule has 128 valence electrons. The summed E-state index contributed by atoms with van der Waals surface area (Å²) >= 11 is 0. The van der Waals surface area contributed by atoms with Gasteiger partial charge < -0.3 is 14.4 Å². The smallest absolute Gasteiger partial charge is 0.129 e. The van der Waals surface area contributed by atoms with Crippen molar-refractivity contribution in [3.8, 4) is 11.5 Å². The van der Waals surface area contributed by atoms with E-state index in [4.69, 9.17) is 14.5 Å². The minimum absolute atomic E-state index is 0.415. The van der Waals surface area contributed by atoms with Gasteiger partial charge in [-0.3, -0.25) is 0 Å². The number of para-hydroxylation sites is 1. The van der Waals surface area contributed by atoms with Gasteiger partial charge in [0, 0.05) is 30.0 Å². The van der Waals surface area contributed by atoms with Gasteiger partial charge in [-0.25, -0.2) is 4.98 Å². The van der Waals surface area contributed by atoms with Crippen LogP contribution in [0.4, 0.5) is 5.82 Å². The van der Waals surface area contributed by atoms with Crippen LogP contribution in [0.2, 0.25) is 0 Å². The third kappa shape index (κ3) is 3.00. The van der Waals surface area contributed by atoms with E-state index in [2.05, 4.69) is 35.2 Å². The van der Waals surface area contributed by atoms with Crippen molar-refractivity contribution < 1.29 is 9.47 Å². The summed E-state index contributed by atoms with van der Waals surface area (Å²) in [4.78, 5) is 7.19. The fourth-order valence-corrected chi connectivity index (χ4v) is 3.61. The van der Waals surface area contributed by atoms with Crippen molar-refractivity contribution in [3.05, 3.63) is 60.2 Å². The summed E-state index contributed by atoms with van der Waals surface area (Å²) in [6.07, 6.45) is 1.08. The van der Waals surface area contributed by atoms with E-state index in [1.807, 2.05) is 24.3 Å². The largest absolute Gasteiger partial charge is 0.497 e. The number of methoxy groups -OCH3 is 2. The van der Waals surface area contributed by atoms with Gasteiger partial charge in [0.1, 0.15) is 17.3 Å². The number of pyridine rings is 1. The highest BCUT2D eigenvalue weighted by atomic mass is 16.5. The average Bonchev–Trinajstić information content (AvgIpc) is 3.17. The van der Waals surface area contributed by atoms with Crippen LogP contribution in [0.25, 0.3) is 10.9 Å². The van der Waals surface area contributed by atoms with Gasteiger partial charge in [0.2, 0.25) is 0 Å². The number of ether oxygens (including phenoxy) is 2. The highest BCUT2D eigenvalue weighted by Crippen LogP contribution is 2.37. The van der Waals surface area contributed by atoms with Crippen molar-refractivity contribution >= 4 is 16.7 Å². The molecule has 0 saturated carbocycles. The predicted octanol–water partition coefficient (Wildman–Crippen LogP) is 4.25. The van der Waals surface area contributed by atoms with Crippen LogP contribution >= 0.6 is 0 Å². The Morgan fingerprint density at radius 3 is 2.72 bits per heavy atom. The summed E-state index contributed by atoms with van der Waals surface area (Å²) in [5.74, 6) is 3.26. The van der Waals surface area contributed by atoms with Crippen molar-refractivity contribution in [2.45, 2.75) is 12.3 Å². The SMILES string of the molecule is COc1ccc(OC)c([C@H]2CCN(c3ccc4ccccc4n3)C2)c1. The Morgan fingerprint density at radius 1 is 1.00 bits per heavy atom. The zero-order valence-electron chi connectivity index (χ0n) is 14.6. The average molecular weight is 334 g/mol. The Kier molecular flexibility index (Phi) is 4.18. The van der Waals surface area contributed by atoms with Crippen molar-refractivity contribution in [2.75, 3.05) is 32.2 Å². The van der Waals surface area contributed by atoms with Crippen LogP contribution in [0.5, 0.6) is 11.5 Å². The van der Waals surface area contributed by atoms with Gasteiger partial charge in [-0.05, 0) is 42.8 Å². The Morgan fingerprint density at radius 2 is 1.88 bits per heavy atom. The number of rotatable bonds is 4. The molecule has 4 heteroatoms. The van der Waals surface area contributed by atoms with Crippen LogP contribution in [0.1, 0.15) is 17.9 Å². The number of nitrogens with zero attached hydrogens (tertiary/aromatic N) is 2. The number of fused-ring (bicyclic) bond motifs is 1. The molecule has 25 heavy (non-hydrogen) atoms. The molecule has 0 radical (unpaired) electrons. The van der Waals surface area contributed by atoms with Crippen LogP contribution in [-0.4, -0.2) is 32.3 Å². The van der Waals surface area contributed by atoms with Crippen molar-refractivity contribution in [3.63, 3.8) is 0 Å². The second-order valence-electron chi connectivity index (χ2n) is 6.40. The molecule has 0 amide bonds. The van der Waals surface area contributed by atoms with E-state index in [-0.39, 0.29) is 0 Å². The summed E-state index contributed by atoms with van der Waals surface area (Å²) in [6, 6.07) is 18.5. The molecular formula is C21H22N2O2. The van der Waals surface area contributed by atoms with Gasteiger partial charge in [-0.2, -0.15) is 0 Å². The minimum Gasteiger partial charge on any atom is -0.497 e. The predicted molar refractivity (Wildman–Crippen MR) is 101 cm³/mol. The first kappa shape index (κ1) is 15.8. The molecule has 1 aliphatic rings. The van der Waals surface area contributed by atoms with E-state index in [1.165, 1.54) is 10.9 Å². The molecule has 3 aromatic rings. The van der Waals surface area contributed by atoms with Crippen LogP contribution in [-0.2, 0) is 0 Å². The van der Waals surface area contributed by atoms with Crippen molar-refractivity contribution in [1.29, 1.82) is 0 Å². The molecule has 1 aliphatic heterocycles. The first-order valence-corrected chi connectivity index (χ1v) is 8.61. The van der Waals surface area contributed by atoms with Gasteiger partial charge in [-0.15, -0.1) is 0 Å². The molecule has 0 unspecified atom stereocenters. The molecular weight excluding hydrogens is 312 g/mol. The maximum Gasteiger partial charge on any atom is 0.129 e. The summed E-state index contributed by atoms with van der Waals surface area (Å²) in [5, 5.41) is 1.18. The Bertz CT molecular complexity index is 894. The molecule has 1 fully saturated rings. The highest BCUT2D eigenvalue weighted by molar-refractivity contribution is 5.80. The molecule has 1 atom stereocenters. The summed E-state index contributed by atoms with van der Waals surface area (Å²) in [7, 11) is 3.43. The van der Waals surface area contributed by atoms with Gasteiger partial charge in [0.25, 0.3) is 0 Å².